The molecule has 0 aliphatic rings. The van der Waals surface area contributed by atoms with E-state index in [0.717, 1.165) is 16.4 Å². The van der Waals surface area contributed by atoms with Crippen molar-refractivity contribution in [2.75, 3.05) is 0 Å². The lowest BCUT2D eigenvalue weighted by Crippen LogP contribution is -1.98. The highest BCUT2D eigenvalue weighted by molar-refractivity contribution is 6.33. The Hall–Kier alpha value is -1.96. The van der Waals surface area contributed by atoms with Gasteiger partial charge in [0.15, 0.2) is 5.78 Å². The first-order valence-electron chi connectivity index (χ1n) is 5.64. The van der Waals surface area contributed by atoms with E-state index < -0.39 is 0 Å². The lowest BCUT2D eigenvalue weighted by atomic mass is 9.94. The van der Waals surface area contributed by atoms with Crippen LogP contribution in [-0.4, -0.2) is 21.5 Å². The summed E-state index contributed by atoms with van der Waals surface area (Å²) in [6.45, 7) is 0. The van der Waals surface area contributed by atoms with Gasteiger partial charge in [0, 0.05) is 16.3 Å². The molecule has 0 spiro atoms. The van der Waals surface area contributed by atoms with Crippen LogP contribution in [0.25, 0.3) is 21.9 Å². The Balaban J connectivity index is 2.29. The van der Waals surface area contributed by atoms with Crippen molar-refractivity contribution in [1.29, 1.82) is 0 Å². The Bertz CT molecular complexity index is 759. The maximum Gasteiger partial charge on any atom is 0.154 e. The predicted molar refractivity (Wildman–Crippen MR) is 74.0 cm³/mol. The SMILES string of the molecule is [B]CC(=O)c1ccc2c(c1)oc1cc([B])ccc12. The average molecular weight is 230 g/mol. The van der Waals surface area contributed by atoms with Crippen molar-refractivity contribution in [3.63, 3.8) is 0 Å². The number of benzene rings is 2. The average Bonchev–Trinajstić information content (AvgIpc) is 2.73. The fourth-order valence-corrected chi connectivity index (χ4v) is 2.08. The highest BCUT2D eigenvalue weighted by atomic mass is 16.3. The van der Waals surface area contributed by atoms with Gasteiger partial charge in [0.2, 0.25) is 0 Å². The van der Waals surface area contributed by atoms with E-state index in [2.05, 4.69) is 0 Å². The molecule has 2 nitrogen and oxygen atoms in total. The molecule has 0 bridgehead atoms. The van der Waals surface area contributed by atoms with Gasteiger partial charge >= 0.3 is 0 Å². The van der Waals surface area contributed by atoms with E-state index in [1.54, 1.807) is 18.2 Å². The Kier molecular flexibility index (Phi) is 2.51. The maximum atomic E-state index is 11.5. The number of carbonyl (C=O) groups excluding carboxylic acids is 1. The van der Waals surface area contributed by atoms with Crippen molar-refractivity contribution in [2.24, 2.45) is 0 Å². The van der Waals surface area contributed by atoms with Crippen molar-refractivity contribution in [3.8, 4) is 0 Å². The third-order valence-electron chi connectivity index (χ3n) is 3.00. The first-order valence-corrected chi connectivity index (χ1v) is 5.64. The molecule has 0 atom stereocenters. The minimum absolute atomic E-state index is 0.00131. The Morgan fingerprint density at radius 2 is 1.72 bits per heavy atom. The monoisotopic (exact) mass is 230 g/mol. The molecule has 0 saturated heterocycles. The normalized spacial score (nSPS) is 11.1. The van der Waals surface area contributed by atoms with E-state index >= 15 is 0 Å². The van der Waals surface area contributed by atoms with Gasteiger partial charge in [-0.05, 0) is 24.5 Å². The number of hydrogen-bond acceptors (Lipinski definition) is 2. The van der Waals surface area contributed by atoms with Crippen LogP contribution in [0.3, 0.4) is 0 Å². The summed E-state index contributed by atoms with van der Waals surface area (Å²) in [5, 5.41) is 1.96. The van der Waals surface area contributed by atoms with Crippen LogP contribution < -0.4 is 5.46 Å². The Morgan fingerprint density at radius 3 is 2.44 bits per heavy atom. The molecule has 1 heterocycles. The lowest BCUT2D eigenvalue weighted by Gasteiger charge is -1.96. The summed E-state index contributed by atoms with van der Waals surface area (Å²) in [5.41, 5.74) is 2.62. The first-order chi connectivity index (χ1) is 8.69. The maximum absolute atomic E-state index is 11.5. The second-order valence-electron chi connectivity index (χ2n) is 4.20. The molecule has 0 saturated carbocycles. The van der Waals surface area contributed by atoms with Crippen LogP contribution in [0.4, 0.5) is 0 Å². The van der Waals surface area contributed by atoms with Crippen LogP contribution in [0.1, 0.15) is 10.4 Å². The van der Waals surface area contributed by atoms with Crippen molar-refractivity contribution in [2.45, 2.75) is 6.32 Å². The molecule has 4 radical (unpaired) electrons. The topological polar surface area (TPSA) is 30.2 Å². The van der Waals surface area contributed by atoms with Gasteiger partial charge in [0.25, 0.3) is 0 Å². The molecule has 4 heteroatoms. The second kappa shape index (κ2) is 4.05. The van der Waals surface area contributed by atoms with Crippen LogP contribution in [0, 0.1) is 0 Å². The zero-order valence-electron chi connectivity index (χ0n) is 9.64. The molecule has 1 aromatic heterocycles. The summed E-state index contributed by atoms with van der Waals surface area (Å²) >= 11 is 0. The molecule has 3 aromatic rings. The van der Waals surface area contributed by atoms with Gasteiger partial charge in [-0.25, -0.2) is 0 Å². The number of rotatable bonds is 2. The smallest absolute Gasteiger partial charge is 0.154 e. The zero-order chi connectivity index (χ0) is 12.7. The summed E-state index contributed by atoms with van der Waals surface area (Å²) in [5.74, 6) is -0.100. The van der Waals surface area contributed by atoms with Crippen molar-refractivity contribution < 1.29 is 9.21 Å². The van der Waals surface area contributed by atoms with E-state index in [9.17, 15) is 4.79 Å². The molecule has 0 unspecified atom stereocenters. The molecule has 3 rings (SSSR count). The van der Waals surface area contributed by atoms with E-state index in [-0.39, 0.29) is 12.1 Å². The highest BCUT2D eigenvalue weighted by Crippen LogP contribution is 2.28. The second-order valence-corrected chi connectivity index (χ2v) is 4.20. The van der Waals surface area contributed by atoms with Gasteiger partial charge in [0.1, 0.15) is 19.0 Å². The molecule has 2 aromatic carbocycles. The molecular weight excluding hydrogens is 222 g/mol. The number of furan rings is 1. The first kappa shape index (κ1) is 11.1. The molecule has 0 amide bonds. The standard InChI is InChI=1S/C14H8B2O2/c15-7-12(17)8-1-3-10-11-4-2-9(16)6-14(11)18-13(10)5-8/h1-6H,7H2. The van der Waals surface area contributed by atoms with Crippen LogP contribution >= 0.6 is 0 Å². The van der Waals surface area contributed by atoms with Gasteiger partial charge in [0.05, 0.1) is 7.85 Å². The number of ketones is 1. The molecule has 0 N–H and O–H groups in total. The lowest BCUT2D eigenvalue weighted by molar-refractivity contribution is 0.101. The van der Waals surface area contributed by atoms with Gasteiger partial charge < -0.3 is 4.42 Å². The largest absolute Gasteiger partial charge is 0.456 e. The van der Waals surface area contributed by atoms with Gasteiger partial charge in [-0.15, -0.1) is 0 Å². The van der Waals surface area contributed by atoms with Crippen LogP contribution in [-0.2, 0) is 0 Å². The number of carbonyl (C=O) groups is 1. The van der Waals surface area contributed by atoms with E-state index in [1.165, 1.54) is 0 Å². The van der Waals surface area contributed by atoms with Gasteiger partial charge in [-0.1, -0.05) is 23.7 Å². The summed E-state index contributed by atoms with van der Waals surface area (Å²) in [4.78, 5) is 11.5. The summed E-state index contributed by atoms with van der Waals surface area (Å²) in [7, 11) is 11.1. The molecule has 0 aliphatic carbocycles. The van der Waals surface area contributed by atoms with Gasteiger partial charge in [-0.2, -0.15) is 0 Å². The number of fused-ring (bicyclic) bond motifs is 3. The quantitative estimate of drug-likeness (QED) is 0.498. The molecule has 18 heavy (non-hydrogen) atoms. The van der Waals surface area contributed by atoms with Crippen LogP contribution in [0.2, 0.25) is 6.32 Å². The minimum atomic E-state index is -0.100. The fraction of sp³-hybridized carbons (Fsp3) is 0.0714. The Morgan fingerprint density at radius 1 is 1.06 bits per heavy atom. The summed E-state index contributed by atoms with van der Waals surface area (Å²) in [6.07, 6.45) is -0.00131. The summed E-state index contributed by atoms with van der Waals surface area (Å²) < 4.78 is 5.70. The minimum Gasteiger partial charge on any atom is -0.456 e. The highest BCUT2D eigenvalue weighted by Gasteiger charge is 2.09. The van der Waals surface area contributed by atoms with Gasteiger partial charge in [-0.3, -0.25) is 4.79 Å². The van der Waals surface area contributed by atoms with Crippen LogP contribution in [0.15, 0.2) is 40.8 Å². The molecule has 0 aliphatic heterocycles. The predicted octanol–water partition coefficient (Wildman–Crippen LogP) is 2.15. The van der Waals surface area contributed by atoms with Crippen molar-refractivity contribution in [1.82, 2.24) is 0 Å². The van der Waals surface area contributed by atoms with Crippen molar-refractivity contribution >= 4 is 48.9 Å². The van der Waals surface area contributed by atoms with E-state index in [4.69, 9.17) is 20.1 Å². The van der Waals surface area contributed by atoms with E-state index in [0.29, 0.717) is 16.6 Å². The number of hydrogen-bond donors (Lipinski definition) is 0. The zero-order valence-corrected chi connectivity index (χ0v) is 9.64. The molecular formula is C14H8B2O2. The third-order valence-corrected chi connectivity index (χ3v) is 3.00. The number of Topliss-reactive ketones (excluding diaryl/α,β-unsaturated/α-hetero) is 1. The molecule has 0 fully saturated rings. The van der Waals surface area contributed by atoms with Crippen molar-refractivity contribution in [3.05, 3.63) is 42.0 Å². The summed E-state index contributed by atoms with van der Waals surface area (Å²) in [6, 6.07) is 10.9. The third kappa shape index (κ3) is 1.65. The fourth-order valence-electron chi connectivity index (χ4n) is 2.08. The van der Waals surface area contributed by atoms with E-state index in [1.807, 2.05) is 18.2 Å². The molecule has 82 valence electrons. The van der Waals surface area contributed by atoms with Crippen LogP contribution in [0.5, 0.6) is 0 Å². The Labute approximate surface area is 107 Å².